The fourth-order valence-electron chi connectivity index (χ4n) is 1.95. The van der Waals surface area contributed by atoms with Crippen LogP contribution in [0.4, 0.5) is 13.2 Å². The molecule has 0 bridgehead atoms. The SMILES string of the molecule is COc1cc(C(F)(F)F)ccc1C(=O)NCCn1cc(C(N)=O)nn1. The average Bonchev–Trinajstić information content (AvgIpc) is 3.02. The van der Waals surface area contributed by atoms with Gasteiger partial charge in [-0.15, -0.1) is 5.10 Å². The molecule has 0 saturated carbocycles. The van der Waals surface area contributed by atoms with E-state index in [4.69, 9.17) is 10.5 Å². The smallest absolute Gasteiger partial charge is 0.416 e. The monoisotopic (exact) mass is 357 g/mol. The summed E-state index contributed by atoms with van der Waals surface area (Å²) in [6.45, 7) is 0.291. The number of nitrogens with zero attached hydrogens (tertiary/aromatic N) is 3. The van der Waals surface area contributed by atoms with E-state index in [9.17, 15) is 22.8 Å². The van der Waals surface area contributed by atoms with Crippen molar-refractivity contribution < 1.29 is 27.5 Å². The third-order valence-electron chi connectivity index (χ3n) is 3.19. The largest absolute Gasteiger partial charge is 0.496 e. The predicted octanol–water partition coefficient (Wildman–Crippen LogP) is 0.834. The Kier molecular flexibility index (Phi) is 5.25. The maximum atomic E-state index is 12.7. The quantitative estimate of drug-likeness (QED) is 0.795. The van der Waals surface area contributed by atoms with Crippen molar-refractivity contribution in [3.05, 3.63) is 41.2 Å². The number of rotatable bonds is 6. The maximum Gasteiger partial charge on any atom is 0.416 e. The van der Waals surface area contributed by atoms with Crippen LogP contribution in [0.3, 0.4) is 0 Å². The number of hydrogen-bond donors (Lipinski definition) is 2. The zero-order valence-corrected chi connectivity index (χ0v) is 13.0. The number of halogens is 3. The van der Waals surface area contributed by atoms with E-state index in [0.29, 0.717) is 0 Å². The molecule has 0 spiro atoms. The summed E-state index contributed by atoms with van der Waals surface area (Å²) in [7, 11) is 1.17. The molecule has 0 fully saturated rings. The van der Waals surface area contributed by atoms with Crippen molar-refractivity contribution in [2.75, 3.05) is 13.7 Å². The van der Waals surface area contributed by atoms with Gasteiger partial charge in [0.15, 0.2) is 5.69 Å². The molecule has 11 heteroatoms. The van der Waals surface area contributed by atoms with Crippen LogP contribution >= 0.6 is 0 Å². The van der Waals surface area contributed by atoms with Crippen LogP contribution in [-0.4, -0.2) is 40.5 Å². The molecule has 1 heterocycles. The highest BCUT2D eigenvalue weighted by molar-refractivity contribution is 5.97. The molecule has 1 aromatic heterocycles. The van der Waals surface area contributed by atoms with E-state index in [1.807, 2.05) is 0 Å². The highest BCUT2D eigenvalue weighted by Crippen LogP contribution is 2.32. The van der Waals surface area contributed by atoms with E-state index in [1.165, 1.54) is 18.0 Å². The molecular formula is C14H14F3N5O3. The number of aromatic nitrogens is 3. The lowest BCUT2D eigenvalue weighted by Crippen LogP contribution is -2.28. The molecule has 8 nitrogen and oxygen atoms in total. The Labute approximate surface area is 139 Å². The molecule has 0 unspecified atom stereocenters. The van der Waals surface area contributed by atoms with Crippen LogP contribution in [0, 0.1) is 0 Å². The molecule has 0 saturated heterocycles. The number of ether oxygens (including phenoxy) is 1. The van der Waals surface area contributed by atoms with Gasteiger partial charge in [0.2, 0.25) is 0 Å². The number of nitrogens with two attached hydrogens (primary N) is 1. The summed E-state index contributed by atoms with van der Waals surface area (Å²) < 4.78 is 44.2. The highest BCUT2D eigenvalue weighted by atomic mass is 19.4. The highest BCUT2D eigenvalue weighted by Gasteiger charge is 2.31. The molecule has 2 rings (SSSR count). The summed E-state index contributed by atoms with van der Waals surface area (Å²) in [6, 6.07) is 2.59. The van der Waals surface area contributed by atoms with Crippen LogP contribution < -0.4 is 15.8 Å². The number of primary amides is 1. The van der Waals surface area contributed by atoms with Crippen LogP contribution in [0.5, 0.6) is 5.75 Å². The first-order valence-corrected chi connectivity index (χ1v) is 6.95. The van der Waals surface area contributed by atoms with Gasteiger partial charge >= 0.3 is 6.18 Å². The van der Waals surface area contributed by atoms with E-state index in [2.05, 4.69) is 15.6 Å². The molecule has 0 radical (unpaired) electrons. The van der Waals surface area contributed by atoms with Gasteiger partial charge in [-0.1, -0.05) is 5.21 Å². The number of nitrogens with one attached hydrogen (secondary N) is 1. The summed E-state index contributed by atoms with van der Waals surface area (Å²) in [4.78, 5) is 23.0. The van der Waals surface area contributed by atoms with Crippen molar-refractivity contribution in [2.45, 2.75) is 12.7 Å². The van der Waals surface area contributed by atoms with Crippen molar-refractivity contribution in [1.29, 1.82) is 0 Å². The molecule has 2 amide bonds. The summed E-state index contributed by atoms with van der Waals surface area (Å²) in [5.74, 6) is -1.53. The third kappa shape index (κ3) is 4.46. The molecular weight excluding hydrogens is 343 g/mol. The second-order valence-electron chi connectivity index (χ2n) is 4.90. The third-order valence-corrected chi connectivity index (χ3v) is 3.19. The lowest BCUT2D eigenvalue weighted by atomic mass is 10.1. The second kappa shape index (κ2) is 7.20. The maximum absolute atomic E-state index is 12.7. The fourth-order valence-corrected chi connectivity index (χ4v) is 1.95. The summed E-state index contributed by atoms with van der Waals surface area (Å²) in [5, 5.41) is 9.69. The van der Waals surface area contributed by atoms with E-state index in [-0.39, 0.29) is 30.1 Å². The summed E-state index contributed by atoms with van der Waals surface area (Å²) in [6.07, 6.45) is -3.22. The van der Waals surface area contributed by atoms with Gasteiger partial charge in [0.05, 0.1) is 31.0 Å². The molecule has 134 valence electrons. The van der Waals surface area contributed by atoms with Crippen molar-refractivity contribution in [3.63, 3.8) is 0 Å². The zero-order valence-electron chi connectivity index (χ0n) is 13.0. The van der Waals surface area contributed by atoms with E-state index in [1.54, 1.807) is 0 Å². The fraction of sp³-hybridized carbons (Fsp3) is 0.286. The normalized spacial score (nSPS) is 11.2. The Morgan fingerprint density at radius 3 is 2.64 bits per heavy atom. The van der Waals surface area contributed by atoms with Gasteiger partial charge in [-0.2, -0.15) is 13.2 Å². The van der Waals surface area contributed by atoms with Gasteiger partial charge in [-0.3, -0.25) is 9.59 Å². The number of hydrogen-bond acceptors (Lipinski definition) is 5. The first-order valence-electron chi connectivity index (χ1n) is 6.95. The number of benzene rings is 1. The number of carbonyl (C=O) groups is 2. The van der Waals surface area contributed by atoms with Crippen LogP contribution in [0.25, 0.3) is 0 Å². The molecule has 2 aromatic rings. The lowest BCUT2D eigenvalue weighted by Gasteiger charge is -2.12. The Balaban J connectivity index is 2.01. The van der Waals surface area contributed by atoms with Crippen molar-refractivity contribution in [1.82, 2.24) is 20.3 Å². The van der Waals surface area contributed by atoms with E-state index in [0.717, 1.165) is 18.2 Å². The minimum atomic E-state index is -4.53. The molecule has 3 N–H and O–H groups in total. The van der Waals surface area contributed by atoms with Crippen LogP contribution in [-0.2, 0) is 12.7 Å². The molecule has 0 aliphatic rings. The summed E-state index contributed by atoms with van der Waals surface area (Å²) >= 11 is 0. The number of amides is 2. The number of alkyl halides is 3. The van der Waals surface area contributed by atoms with E-state index >= 15 is 0 Å². The van der Waals surface area contributed by atoms with Gasteiger partial charge in [0.1, 0.15) is 5.75 Å². The summed E-state index contributed by atoms with van der Waals surface area (Å²) in [5.41, 5.74) is 4.07. The Morgan fingerprint density at radius 1 is 1.36 bits per heavy atom. The van der Waals surface area contributed by atoms with Gasteiger partial charge in [0, 0.05) is 6.54 Å². The van der Waals surface area contributed by atoms with Gasteiger partial charge < -0.3 is 15.8 Å². The standard InChI is InChI=1S/C14H14F3N5O3/c1-25-11-6-8(14(15,16)17)2-3-9(11)13(24)19-4-5-22-7-10(12(18)23)20-21-22/h2-3,6-7H,4-5H2,1H3,(H2,18,23)(H,19,24). The Hall–Kier alpha value is -3.11. The lowest BCUT2D eigenvalue weighted by molar-refractivity contribution is -0.137. The Morgan fingerprint density at radius 2 is 2.08 bits per heavy atom. The van der Waals surface area contributed by atoms with Gasteiger partial charge in [-0.25, -0.2) is 4.68 Å². The first kappa shape index (κ1) is 18.2. The van der Waals surface area contributed by atoms with Gasteiger partial charge in [-0.05, 0) is 18.2 Å². The molecule has 0 aliphatic carbocycles. The van der Waals surface area contributed by atoms with Crippen LogP contribution in [0.2, 0.25) is 0 Å². The second-order valence-corrected chi connectivity index (χ2v) is 4.90. The zero-order chi connectivity index (χ0) is 18.6. The topological polar surface area (TPSA) is 112 Å². The van der Waals surface area contributed by atoms with Crippen molar-refractivity contribution in [2.24, 2.45) is 5.73 Å². The predicted molar refractivity (Wildman–Crippen MR) is 78.9 cm³/mol. The van der Waals surface area contributed by atoms with E-state index < -0.39 is 23.6 Å². The minimum Gasteiger partial charge on any atom is -0.496 e. The van der Waals surface area contributed by atoms with Crippen molar-refractivity contribution in [3.8, 4) is 5.75 Å². The average molecular weight is 357 g/mol. The van der Waals surface area contributed by atoms with Gasteiger partial charge in [0.25, 0.3) is 11.8 Å². The molecule has 1 aromatic carbocycles. The van der Waals surface area contributed by atoms with Crippen molar-refractivity contribution >= 4 is 11.8 Å². The molecule has 0 aliphatic heterocycles. The number of carbonyl (C=O) groups excluding carboxylic acids is 2. The molecule has 0 atom stereocenters. The van der Waals surface area contributed by atoms with Crippen LogP contribution in [0.15, 0.2) is 24.4 Å². The van der Waals surface area contributed by atoms with Crippen LogP contribution in [0.1, 0.15) is 26.4 Å². The first-order chi connectivity index (χ1) is 11.7. The number of methoxy groups -OCH3 is 1. The minimum absolute atomic E-state index is 0.0178. The Bertz CT molecular complexity index is 788. The molecule has 25 heavy (non-hydrogen) atoms.